The molecule has 0 fully saturated rings. The van der Waals surface area contributed by atoms with Crippen molar-refractivity contribution in [2.75, 3.05) is 6.61 Å². The van der Waals surface area contributed by atoms with Gasteiger partial charge in [-0.3, -0.25) is 0 Å². The molecule has 0 saturated carbocycles. The largest absolute Gasteiger partial charge is 0.462 e. The van der Waals surface area contributed by atoms with Crippen molar-refractivity contribution in [3.05, 3.63) is 28.0 Å². The van der Waals surface area contributed by atoms with Crippen LogP contribution in [-0.2, 0) is 4.74 Å². The van der Waals surface area contributed by atoms with E-state index in [1.54, 1.807) is 13.0 Å². The smallest absolute Gasteiger partial charge is 0.340 e. The SMILES string of the molecule is CCOC(=O)c1c(C(C)C)cc(Cl)nc1C(C)C. The Morgan fingerprint density at radius 1 is 1.33 bits per heavy atom. The average molecular weight is 270 g/mol. The minimum atomic E-state index is -0.311. The van der Waals surface area contributed by atoms with Crippen molar-refractivity contribution in [1.29, 1.82) is 0 Å². The predicted molar refractivity (Wildman–Crippen MR) is 73.4 cm³/mol. The van der Waals surface area contributed by atoms with Gasteiger partial charge in [-0.05, 0) is 30.4 Å². The molecule has 0 aliphatic heterocycles. The third-order valence-corrected chi connectivity index (χ3v) is 2.89. The number of ether oxygens (including phenoxy) is 1. The first kappa shape index (κ1) is 15.0. The lowest BCUT2D eigenvalue weighted by Gasteiger charge is -2.17. The molecule has 0 saturated heterocycles. The number of hydrogen-bond acceptors (Lipinski definition) is 3. The highest BCUT2D eigenvalue weighted by atomic mass is 35.5. The fraction of sp³-hybridized carbons (Fsp3) is 0.571. The summed E-state index contributed by atoms with van der Waals surface area (Å²) in [6, 6.07) is 1.75. The third kappa shape index (κ3) is 3.22. The second-order valence-corrected chi connectivity index (χ2v) is 5.21. The van der Waals surface area contributed by atoms with Crippen LogP contribution in [0.1, 0.15) is 68.1 Å². The van der Waals surface area contributed by atoms with Crippen molar-refractivity contribution in [2.24, 2.45) is 0 Å². The van der Waals surface area contributed by atoms with Crippen molar-refractivity contribution in [2.45, 2.75) is 46.5 Å². The van der Waals surface area contributed by atoms with Gasteiger partial charge in [0, 0.05) is 0 Å². The number of hydrogen-bond donors (Lipinski definition) is 0. The van der Waals surface area contributed by atoms with E-state index in [1.165, 1.54) is 0 Å². The summed E-state index contributed by atoms with van der Waals surface area (Å²) in [7, 11) is 0. The maximum absolute atomic E-state index is 12.1. The molecule has 1 heterocycles. The molecule has 0 radical (unpaired) electrons. The van der Waals surface area contributed by atoms with Crippen LogP contribution in [0.2, 0.25) is 5.15 Å². The molecule has 0 aromatic carbocycles. The molecule has 0 aliphatic rings. The lowest BCUT2D eigenvalue weighted by atomic mass is 9.93. The second-order valence-electron chi connectivity index (χ2n) is 4.82. The molecule has 1 aromatic heterocycles. The predicted octanol–water partition coefficient (Wildman–Crippen LogP) is 4.16. The first-order valence-corrected chi connectivity index (χ1v) is 6.63. The first-order valence-electron chi connectivity index (χ1n) is 6.25. The molecule has 1 rings (SSSR count). The standard InChI is InChI=1S/C14H20ClNO2/c1-6-18-14(17)12-10(8(2)3)7-11(15)16-13(12)9(4)5/h7-9H,6H2,1-5H3. The van der Waals surface area contributed by atoms with Crippen LogP contribution >= 0.6 is 11.6 Å². The summed E-state index contributed by atoms with van der Waals surface area (Å²) in [5.41, 5.74) is 2.19. The second kappa shape index (κ2) is 6.19. The van der Waals surface area contributed by atoms with E-state index in [4.69, 9.17) is 16.3 Å². The number of halogens is 1. The van der Waals surface area contributed by atoms with E-state index in [1.807, 2.05) is 27.7 Å². The van der Waals surface area contributed by atoms with Gasteiger partial charge in [-0.15, -0.1) is 0 Å². The van der Waals surface area contributed by atoms with Gasteiger partial charge >= 0.3 is 5.97 Å². The summed E-state index contributed by atoms with van der Waals surface area (Å²) >= 11 is 6.03. The Morgan fingerprint density at radius 3 is 2.39 bits per heavy atom. The minimum absolute atomic E-state index is 0.126. The van der Waals surface area contributed by atoms with Gasteiger partial charge in [-0.1, -0.05) is 39.3 Å². The van der Waals surface area contributed by atoms with Crippen LogP contribution in [0.5, 0.6) is 0 Å². The van der Waals surface area contributed by atoms with Gasteiger partial charge < -0.3 is 4.74 Å². The van der Waals surface area contributed by atoms with Crippen LogP contribution in [0.25, 0.3) is 0 Å². The topological polar surface area (TPSA) is 39.2 Å². The zero-order valence-electron chi connectivity index (χ0n) is 11.6. The van der Waals surface area contributed by atoms with Crippen molar-refractivity contribution < 1.29 is 9.53 Å². The Kier molecular flexibility index (Phi) is 5.15. The van der Waals surface area contributed by atoms with E-state index in [2.05, 4.69) is 4.98 Å². The highest BCUT2D eigenvalue weighted by Gasteiger charge is 2.23. The molecule has 4 heteroatoms. The summed E-state index contributed by atoms with van der Waals surface area (Å²) in [4.78, 5) is 16.4. The van der Waals surface area contributed by atoms with Crippen LogP contribution in [0.4, 0.5) is 0 Å². The highest BCUT2D eigenvalue weighted by molar-refractivity contribution is 6.29. The number of rotatable bonds is 4. The summed E-state index contributed by atoms with van der Waals surface area (Å²) in [5.74, 6) is 0.0112. The van der Waals surface area contributed by atoms with E-state index in [0.717, 1.165) is 5.56 Å². The van der Waals surface area contributed by atoms with Gasteiger partial charge in [-0.2, -0.15) is 0 Å². The van der Waals surface area contributed by atoms with Crippen LogP contribution in [0.3, 0.4) is 0 Å². The molecule has 0 unspecified atom stereocenters. The molecular formula is C14H20ClNO2. The maximum atomic E-state index is 12.1. The van der Waals surface area contributed by atoms with Crippen LogP contribution in [0.15, 0.2) is 6.07 Å². The Hall–Kier alpha value is -1.09. The third-order valence-electron chi connectivity index (χ3n) is 2.70. The number of nitrogens with zero attached hydrogens (tertiary/aromatic N) is 1. The zero-order chi connectivity index (χ0) is 13.9. The first-order chi connectivity index (χ1) is 8.38. The van der Waals surface area contributed by atoms with E-state index in [9.17, 15) is 4.79 Å². The van der Waals surface area contributed by atoms with Crippen molar-refractivity contribution in [1.82, 2.24) is 4.98 Å². The molecule has 0 N–H and O–H groups in total. The zero-order valence-corrected chi connectivity index (χ0v) is 12.3. The molecule has 18 heavy (non-hydrogen) atoms. The average Bonchev–Trinajstić information content (AvgIpc) is 2.27. The summed E-state index contributed by atoms with van der Waals surface area (Å²) in [5, 5.41) is 0.426. The Bertz CT molecular complexity index is 412. The van der Waals surface area contributed by atoms with E-state index in [0.29, 0.717) is 23.0 Å². The number of carbonyl (C=O) groups is 1. The van der Waals surface area contributed by atoms with E-state index in [-0.39, 0.29) is 17.8 Å². The molecule has 0 bridgehead atoms. The number of esters is 1. The maximum Gasteiger partial charge on any atom is 0.340 e. The van der Waals surface area contributed by atoms with Gasteiger partial charge in [0.1, 0.15) is 5.15 Å². The van der Waals surface area contributed by atoms with E-state index < -0.39 is 0 Å². The molecule has 0 spiro atoms. The van der Waals surface area contributed by atoms with Crippen molar-refractivity contribution in [3.8, 4) is 0 Å². The van der Waals surface area contributed by atoms with Crippen molar-refractivity contribution >= 4 is 17.6 Å². The number of carbonyl (C=O) groups excluding carboxylic acids is 1. The minimum Gasteiger partial charge on any atom is -0.462 e. The summed E-state index contributed by atoms with van der Waals surface area (Å²) < 4.78 is 5.13. The molecule has 0 aliphatic carbocycles. The quantitative estimate of drug-likeness (QED) is 0.609. The molecule has 100 valence electrons. The Labute approximate surface area is 114 Å². The Morgan fingerprint density at radius 2 is 1.94 bits per heavy atom. The molecule has 1 aromatic rings. The fourth-order valence-corrected chi connectivity index (χ4v) is 2.06. The molecule has 0 amide bonds. The molecular weight excluding hydrogens is 250 g/mol. The Balaban J connectivity index is 3.45. The van der Waals surface area contributed by atoms with Gasteiger partial charge in [0.05, 0.1) is 17.9 Å². The number of pyridine rings is 1. The number of aromatic nitrogens is 1. The van der Waals surface area contributed by atoms with Crippen LogP contribution in [-0.4, -0.2) is 17.6 Å². The summed E-state index contributed by atoms with van der Waals surface area (Å²) in [6.07, 6.45) is 0. The molecule has 3 nitrogen and oxygen atoms in total. The lowest BCUT2D eigenvalue weighted by molar-refractivity contribution is 0.0522. The normalized spacial score (nSPS) is 11.1. The fourth-order valence-electron chi connectivity index (χ4n) is 1.85. The highest BCUT2D eigenvalue weighted by Crippen LogP contribution is 2.29. The van der Waals surface area contributed by atoms with Crippen LogP contribution in [0, 0.1) is 0 Å². The van der Waals surface area contributed by atoms with Gasteiger partial charge in [0.15, 0.2) is 0 Å². The van der Waals surface area contributed by atoms with Crippen LogP contribution < -0.4 is 0 Å². The van der Waals surface area contributed by atoms with Gasteiger partial charge in [-0.25, -0.2) is 9.78 Å². The lowest BCUT2D eigenvalue weighted by Crippen LogP contribution is -2.15. The van der Waals surface area contributed by atoms with E-state index >= 15 is 0 Å². The summed E-state index contributed by atoms with van der Waals surface area (Å²) in [6.45, 7) is 10.2. The van der Waals surface area contributed by atoms with Gasteiger partial charge in [0.2, 0.25) is 0 Å². The monoisotopic (exact) mass is 269 g/mol. The van der Waals surface area contributed by atoms with Gasteiger partial charge in [0.25, 0.3) is 0 Å². The molecule has 0 atom stereocenters. The van der Waals surface area contributed by atoms with Crippen molar-refractivity contribution in [3.63, 3.8) is 0 Å².